The number of carbonyl (C=O) groups excluding carboxylic acids is 1. The Morgan fingerprint density at radius 3 is 2.69 bits per heavy atom. The summed E-state index contributed by atoms with van der Waals surface area (Å²) in [6.07, 6.45) is 9.55. The van der Waals surface area contributed by atoms with Gasteiger partial charge in [-0.3, -0.25) is 4.79 Å². The van der Waals surface area contributed by atoms with E-state index in [1.165, 1.54) is 30.5 Å². The molecule has 2 atom stereocenters. The lowest BCUT2D eigenvalue weighted by Gasteiger charge is -2.36. The van der Waals surface area contributed by atoms with E-state index in [1.807, 2.05) is 38.0 Å². The first-order valence-electron chi connectivity index (χ1n) is 15.6. The van der Waals surface area contributed by atoms with Gasteiger partial charge in [-0.15, -0.1) is 0 Å². The van der Waals surface area contributed by atoms with Gasteiger partial charge >= 0.3 is 0 Å². The van der Waals surface area contributed by atoms with Crippen LogP contribution in [0, 0.1) is 6.92 Å². The highest BCUT2D eigenvalue weighted by atomic mass is 35.5. The quantitative estimate of drug-likeness (QED) is 0.397. The molecule has 6 rings (SSSR count). The van der Waals surface area contributed by atoms with Crippen LogP contribution in [0.5, 0.6) is 0 Å². The van der Waals surface area contributed by atoms with Crippen molar-refractivity contribution in [2.24, 2.45) is 0 Å². The van der Waals surface area contributed by atoms with Crippen LogP contribution in [0.15, 0.2) is 18.3 Å². The summed E-state index contributed by atoms with van der Waals surface area (Å²) in [6.45, 7) is 9.09. The Kier molecular flexibility index (Phi) is 8.61. The number of rotatable bonds is 7. The fourth-order valence-corrected chi connectivity index (χ4v) is 7.14. The number of aryl methyl sites for hydroxylation is 1. The number of hydrogen-bond donors (Lipinski definition) is 1. The maximum absolute atomic E-state index is 13.5. The monoisotopic (exact) mass is 593 g/mol. The van der Waals surface area contributed by atoms with Gasteiger partial charge in [-0.2, -0.15) is 5.10 Å². The third kappa shape index (κ3) is 5.83. The van der Waals surface area contributed by atoms with E-state index in [0.717, 1.165) is 91.3 Å². The molecule has 2 saturated heterocycles. The number of amides is 1. The number of nitrogens with zero attached hydrogens (tertiary/aromatic N) is 6. The maximum Gasteiger partial charge on any atom is 0.270 e. The second-order valence-electron chi connectivity index (χ2n) is 12.5. The Labute approximate surface area is 254 Å². The van der Waals surface area contributed by atoms with Crippen molar-refractivity contribution >= 4 is 39.8 Å². The summed E-state index contributed by atoms with van der Waals surface area (Å²) in [5.41, 5.74) is 6.95. The van der Waals surface area contributed by atoms with E-state index < -0.39 is 0 Å². The molecule has 5 heterocycles. The first kappa shape index (κ1) is 29.2. The molecule has 0 radical (unpaired) electrons. The number of benzene rings is 1. The summed E-state index contributed by atoms with van der Waals surface area (Å²) in [7, 11) is 4.03. The maximum atomic E-state index is 13.5. The Balaban J connectivity index is 1.37. The molecule has 0 spiro atoms. The van der Waals surface area contributed by atoms with E-state index in [1.54, 1.807) is 0 Å². The fraction of sp³-hybridized carbons (Fsp3) is 0.594. The SMILES string of the molecule is Cc1cc2c(cnn2C2CCCCO2)c(N2CCc3c(N4CCCCC4)cc(C(=O)N[C@H](C)CN(C)C)nc3C2)c1Cl. The van der Waals surface area contributed by atoms with Crippen molar-refractivity contribution in [2.45, 2.75) is 77.6 Å². The molecule has 9 nitrogen and oxygen atoms in total. The molecular weight excluding hydrogens is 550 g/mol. The van der Waals surface area contributed by atoms with Crippen molar-refractivity contribution in [1.82, 2.24) is 25.0 Å². The Morgan fingerprint density at radius 1 is 1.14 bits per heavy atom. The lowest BCUT2D eigenvalue weighted by molar-refractivity contribution is -0.0366. The molecule has 1 amide bonds. The first-order valence-corrected chi connectivity index (χ1v) is 15.9. The number of anilines is 2. The number of carbonyl (C=O) groups is 1. The minimum atomic E-state index is -0.118. The second-order valence-corrected chi connectivity index (χ2v) is 12.9. The molecule has 0 saturated carbocycles. The summed E-state index contributed by atoms with van der Waals surface area (Å²) in [5, 5.41) is 9.73. The Morgan fingerprint density at radius 2 is 1.95 bits per heavy atom. The highest BCUT2D eigenvalue weighted by molar-refractivity contribution is 6.35. The molecule has 42 heavy (non-hydrogen) atoms. The van der Waals surface area contributed by atoms with E-state index in [9.17, 15) is 4.79 Å². The minimum absolute atomic E-state index is 0.0179. The molecular formula is C32H44ClN7O2. The standard InChI is InChI=1S/C32H44ClN7O2/c1-21-16-28-24(18-34-40(28)29-10-6-9-15-42-29)31(30(21)33)39-14-11-23-26(20-39)36-25(32(41)35-22(2)19-37(3)4)17-27(23)38-12-7-5-8-13-38/h16-18,22,29H,5-15,19-20H2,1-4H3,(H,35,41)/t22-,29?/m1/s1. The van der Waals surface area contributed by atoms with Gasteiger partial charge in [0.15, 0.2) is 6.23 Å². The van der Waals surface area contributed by atoms with Crippen LogP contribution in [0.25, 0.3) is 10.9 Å². The second kappa shape index (κ2) is 12.4. The number of halogens is 1. The van der Waals surface area contributed by atoms with Crippen molar-refractivity contribution in [2.75, 3.05) is 56.7 Å². The van der Waals surface area contributed by atoms with Gasteiger partial charge in [0.25, 0.3) is 5.91 Å². The number of aromatic nitrogens is 3. The smallest absolute Gasteiger partial charge is 0.270 e. The number of ether oxygens (including phenoxy) is 1. The van der Waals surface area contributed by atoms with E-state index in [-0.39, 0.29) is 18.2 Å². The van der Waals surface area contributed by atoms with Crippen LogP contribution in [0.4, 0.5) is 11.4 Å². The third-order valence-electron chi connectivity index (χ3n) is 8.85. The molecule has 1 unspecified atom stereocenters. The van der Waals surface area contributed by atoms with Crippen LogP contribution < -0.4 is 15.1 Å². The van der Waals surface area contributed by atoms with Crippen LogP contribution in [0.2, 0.25) is 5.02 Å². The van der Waals surface area contributed by atoms with E-state index in [4.69, 9.17) is 26.4 Å². The molecule has 10 heteroatoms. The van der Waals surface area contributed by atoms with E-state index >= 15 is 0 Å². The molecule has 3 aliphatic heterocycles. The molecule has 2 aromatic heterocycles. The van der Waals surface area contributed by atoms with Gasteiger partial charge in [-0.05, 0) is 90.6 Å². The first-order chi connectivity index (χ1) is 20.3. The van der Waals surface area contributed by atoms with Gasteiger partial charge in [-0.25, -0.2) is 9.67 Å². The van der Waals surface area contributed by atoms with Crippen LogP contribution in [0.1, 0.15) is 79.0 Å². The average Bonchev–Trinajstić information content (AvgIpc) is 3.40. The fourth-order valence-electron chi connectivity index (χ4n) is 6.86. The summed E-state index contributed by atoms with van der Waals surface area (Å²) in [4.78, 5) is 25.4. The predicted molar refractivity (Wildman–Crippen MR) is 169 cm³/mol. The van der Waals surface area contributed by atoms with Crippen LogP contribution in [0.3, 0.4) is 0 Å². The van der Waals surface area contributed by atoms with E-state index in [2.05, 4.69) is 33.0 Å². The number of likely N-dealkylation sites (N-methyl/N-ethyl adjacent to an activating group) is 1. The topological polar surface area (TPSA) is 78.8 Å². The van der Waals surface area contributed by atoms with Gasteiger partial charge in [0, 0.05) is 55.5 Å². The molecule has 226 valence electrons. The average molecular weight is 594 g/mol. The summed E-state index contributed by atoms with van der Waals surface area (Å²) >= 11 is 7.05. The lowest BCUT2D eigenvalue weighted by atomic mass is 9.98. The zero-order valence-corrected chi connectivity index (χ0v) is 26.2. The van der Waals surface area contributed by atoms with Crippen molar-refractivity contribution in [3.05, 3.63) is 45.9 Å². The van der Waals surface area contributed by atoms with Crippen LogP contribution in [-0.4, -0.2) is 78.5 Å². The van der Waals surface area contributed by atoms with Gasteiger partial charge in [0.1, 0.15) is 5.69 Å². The normalized spacial score (nSPS) is 20.2. The third-order valence-corrected chi connectivity index (χ3v) is 9.32. The lowest BCUT2D eigenvalue weighted by Crippen LogP contribution is -2.41. The van der Waals surface area contributed by atoms with Crippen molar-refractivity contribution in [3.63, 3.8) is 0 Å². The predicted octanol–water partition coefficient (Wildman–Crippen LogP) is 5.33. The Hall–Kier alpha value is -2.88. The van der Waals surface area contributed by atoms with Crippen molar-refractivity contribution in [1.29, 1.82) is 0 Å². The minimum Gasteiger partial charge on any atom is -0.371 e. The number of nitrogens with one attached hydrogen (secondary N) is 1. The van der Waals surface area contributed by atoms with Crippen LogP contribution in [-0.2, 0) is 17.7 Å². The number of fused-ring (bicyclic) bond motifs is 2. The number of pyridine rings is 1. The summed E-state index contributed by atoms with van der Waals surface area (Å²) in [6, 6.07) is 4.18. The molecule has 3 aliphatic rings. The molecule has 0 aliphatic carbocycles. The largest absolute Gasteiger partial charge is 0.371 e. The molecule has 1 aromatic carbocycles. The van der Waals surface area contributed by atoms with Crippen LogP contribution >= 0.6 is 11.6 Å². The van der Waals surface area contributed by atoms with Gasteiger partial charge in [0.2, 0.25) is 0 Å². The van der Waals surface area contributed by atoms with Crippen molar-refractivity contribution < 1.29 is 9.53 Å². The van der Waals surface area contributed by atoms with Gasteiger partial charge in [0.05, 0.1) is 34.7 Å². The zero-order valence-electron chi connectivity index (χ0n) is 25.5. The highest BCUT2D eigenvalue weighted by Gasteiger charge is 2.30. The molecule has 0 bridgehead atoms. The van der Waals surface area contributed by atoms with E-state index in [0.29, 0.717) is 12.2 Å². The highest BCUT2D eigenvalue weighted by Crippen LogP contribution is 2.41. The van der Waals surface area contributed by atoms with Gasteiger partial charge < -0.3 is 24.8 Å². The summed E-state index contributed by atoms with van der Waals surface area (Å²) in [5.74, 6) is -0.118. The molecule has 2 fully saturated rings. The number of piperidine rings is 1. The van der Waals surface area contributed by atoms with Gasteiger partial charge in [-0.1, -0.05) is 11.6 Å². The van der Waals surface area contributed by atoms with Crippen molar-refractivity contribution in [3.8, 4) is 0 Å². The summed E-state index contributed by atoms with van der Waals surface area (Å²) < 4.78 is 8.12. The molecule has 3 aromatic rings. The Bertz CT molecular complexity index is 1440. The molecule has 1 N–H and O–H groups in total. The zero-order chi connectivity index (χ0) is 29.4. The number of hydrogen-bond acceptors (Lipinski definition) is 7.